The van der Waals surface area contributed by atoms with E-state index in [0.29, 0.717) is 0 Å². The smallest absolute Gasteiger partial charge is 0.110 e. The summed E-state index contributed by atoms with van der Waals surface area (Å²) in [6.45, 7) is 0. The van der Waals surface area contributed by atoms with E-state index in [1.807, 2.05) is 42.8 Å². The van der Waals surface area contributed by atoms with Crippen LogP contribution in [0.3, 0.4) is 0 Å². The van der Waals surface area contributed by atoms with Crippen LogP contribution in [0.5, 0.6) is 0 Å². The number of fused-ring (bicyclic) bond motifs is 3. The first kappa shape index (κ1) is 11.1. The molecule has 0 amide bonds. The zero-order valence-corrected chi connectivity index (χ0v) is 10.8. The summed E-state index contributed by atoms with van der Waals surface area (Å²) in [5.74, 6) is 0. The van der Waals surface area contributed by atoms with E-state index >= 15 is 0 Å². The van der Waals surface area contributed by atoms with Gasteiger partial charge in [0.05, 0.1) is 11.2 Å². The number of hydrogen-bond acceptors (Lipinski definition) is 2. The van der Waals surface area contributed by atoms with Crippen molar-refractivity contribution in [2.75, 3.05) is 0 Å². The van der Waals surface area contributed by atoms with E-state index in [4.69, 9.17) is 0 Å². The Hall–Kier alpha value is -2.81. The number of benzene rings is 1. The number of allylic oxidation sites excluding steroid dienone is 4. The van der Waals surface area contributed by atoms with Crippen LogP contribution in [-0.2, 0) is 0 Å². The number of aromatic amines is 1. The van der Waals surface area contributed by atoms with Gasteiger partial charge >= 0.3 is 0 Å². The first-order valence-corrected chi connectivity index (χ1v) is 6.59. The molecule has 3 aromatic rings. The van der Waals surface area contributed by atoms with E-state index in [-0.39, 0.29) is 0 Å². The molecule has 1 aliphatic rings. The van der Waals surface area contributed by atoms with Crippen molar-refractivity contribution in [2.45, 2.75) is 0 Å². The van der Waals surface area contributed by atoms with E-state index in [1.165, 1.54) is 10.8 Å². The SMILES string of the molecule is C1=CC=C(c2nccc3c2[nH]c2ccccc23)NC=C1. The fourth-order valence-electron chi connectivity index (χ4n) is 2.58. The highest BCUT2D eigenvalue weighted by atomic mass is 14.9. The molecule has 4 rings (SSSR count). The molecule has 2 aromatic heterocycles. The number of hydrogen-bond donors (Lipinski definition) is 2. The molecule has 2 N–H and O–H groups in total. The average Bonchev–Trinajstić information content (AvgIpc) is 2.68. The van der Waals surface area contributed by atoms with Gasteiger partial charge in [-0.3, -0.25) is 4.98 Å². The van der Waals surface area contributed by atoms with Crippen LogP contribution < -0.4 is 5.32 Å². The van der Waals surface area contributed by atoms with Gasteiger partial charge in [-0.15, -0.1) is 0 Å². The number of rotatable bonds is 1. The summed E-state index contributed by atoms with van der Waals surface area (Å²) < 4.78 is 0. The number of pyridine rings is 1. The highest BCUT2D eigenvalue weighted by Gasteiger charge is 2.11. The Morgan fingerprint density at radius 3 is 2.85 bits per heavy atom. The quantitative estimate of drug-likeness (QED) is 0.699. The maximum absolute atomic E-state index is 4.54. The maximum atomic E-state index is 4.54. The summed E-state index contributed by atoms with van der Waals surface area (Å²) in [6, 6.07) is 10.4. The molecular weight excluding hydrogens is 246 g/mol. The Bertz CT molecular complexity index is 882. The predicted molar refractivity (Wildman–Crippen MR) is 83.0 cm³/mol. The molecule has 0 fully saturated rings. The van der Waals surface area contributed by atoms with Crippen LogP contribution in [0.15, 0.2) is 67.0 Å². The third-order valence-electron chi connectivity index (χ3n) is 3.50. The molecule has 0 aliphatic carbocycles. The first-order chi connectivity index (χ1) is 9.93. The zero-order valence-electron chi connectivity index (χ0n) is 10.8. The lowest BCUT2D eigenvalue weighted by atomic mass is 10.1. The molecule has 0 unspecified atom stereocenters. The zero-order chi connectivity index (χ0) is 13.4. The number of H-pyrrole nitrogens is 1. The largest absolute Gasteiger partial charge is 0.360 e. The van der Waals surface area contributed by atoms with E-state index in [2.05, 4.69) is 39.6 Å². The van der Waals surface area contributed by atoms with E-state index < -0.39 is 0 Å². The van der Waals surface area contributed by atoms with Crippen LogP contribution in [0.1, 0.15) is 5.69 Å². The minimum Gasteiger partial charge on any atom is -0.360 e. The van der Waals surface area contributed by atoms with Gasteiger partial charge in [0.1, 0.15) is 5.69 Å². The topological polar surface area (TPSA) is 40.7 Å². The van der Waals surface area contributed by atoms with E-state index in [0.717, 1.165) is 22.4 Å². The summed E-state index contributed by atoms with van der Waals surface area (Å²) in [5, 5.41) is 5.70. The molecule has 3 nitrogen and oxygen atoms in total. The summed E-state index contributed by atoms with van der Waals surface area (Å²) in [7, 11) is 0. The maximum Gasteiger partial charge on any atom is 0.110 e. The number of aromatic nitrogens is 2. The predicted octanol–water partition coefficient (Wildman–Crippen LogP) is 3.73. The lowest BCUT2D eigenvalue weighted by Gasteiger charge is -2.06. The van der Waals surface area contributed by atoms with Crippen molar-refractivity contribution < 1.29 is 0 Å². The molecule has 0 radical (unpaired) electrons. The summed E-state index contributed by atoms with van der Waals surface area (Å²) in [4.78, 5) is 8.01. The van der Waals surface area contributed by atoms with E-state index in [1.54, 1.807) is 0 Å². The Morgan fingerprint density at radius 1 is 0.900 bits per heavy atom. The molecule has 0 saturated carbocycles. The van der Waals surface area contributed by atoms with Crippen molar-refractivity contribution in [2.24, 2.45) is 0 Å². The Morgan fingerprint density at radius 2 is 1.85 bits per heavy atom. The summed E-state index contributed by atoms with van der Waals surface area (Å²) in [5.41, 5.74) is 4.13. The van der Waals surface area contributed by atoms with Gasteiger partial charge in [0, 0.05) is 28.7 Å². The lowest BCUT2D eigenvalue weighted by Crippen LogP contribution is -2.05. The van der Waals surface area contributed by atoms with Crippen molar-refractivity contribution >= 4 is 27.5 Å². The molecule has 20 heavy (non-hydrogen) atoms. The molecule has 0 spiro atoms. The molecule has 3 heteroatoms. The molecule has 1 aromatic carbocycles. The molecule has 0 saturated heterocycles. The van der Waals surface area contributed by atoms with Crippen LogP contribution in [0, 0.1) is 0 Å². The number of nitrogens with one attached hydrogen (secondary N) is 2. The van der Waals surface area contributed by atoms with Crippen molar-refractivity contribution in [3.05, 3.63) is 72.7 Å². The van der Waals surface area contributed by atoms with Gasteiger partial charge in [-0.2, -0.15) is 0 Å². The minimum absolute atomic E-state index is 0.940. The van der Waals surface area contributed by atoms with E-state index in [9.17, 15) is 0 Å². The van der Waals surface area contributed by atoms with Crippen LogP contribution in [-0.4, -0.2) is 9.97 Å². The molecule has 1 aliphatic heterocycles. The average molecular weight is 259 g/mol. The first-order valence-electron chi connectivity index (χ1n) is 6.59. The second kappa shape index (κ2) is 4.38. The second-order valence-corrected chi connectivity index (χ2v) is 4.72. The fourth-order valence-corrected chi connectivity index (χ4v) is 2.58. The summed E-state index contributed by atoms with van der Waals surface area (Å²) in [6.07, 6.45) is 11.8. The standard InChI is InChI=1S/C17H13N3/c1-2-8-15(18-10-5-1)17-16-13(9-11-19-17)12-6-3-4-7-14(12)20-16/h1-11,18,20H. The van der Waals surface area contributed by atoms with Crippen molar-refractivity contribution in [1.29, 1.82) is 0 Å². The van der Waals surface area contributed by atoms with Crippen molar-refractivity contribution in [1.82, 2.24) is 15.3 Å². The van der Waals surface area contributed by atoms with Gasteiger partial charge in [-0.1, -0.05) is 30.4 Å². The normalized spacial score (nSPS) is 14.3. The van der Waals surface area contributed by atoms with Crippen molar-refractivity contribution in [3.8, 4) is 0 Å². The third kappa shape index (κ3) is 1.64. The van der Waals surface area contributed by atoms with Gasteiger partial charge < -0.3 is 10.3 Å². The highest BCUT2D eigenvalue weighted by Crippen LogP contribution is 2.28. The Balaban J connectivity index is 2.03. The molecular formula is C17H13N3. The van der Waals surface area contributed by atoms with Crippen LogP contribution >= 0.6 is 0 Å². The highest BCUT2D eigenvalue weighted by molar-refractivity contribution is 6.09. The molecule has 3 heterocycles. The van der Waals surface area contributed by atoms with Gasteiger partial charge in [-0.25, -0.2) is 0 Å². The summed E-state index contributed by atoms with van der Waals surface area (Å²) >= 11 is 0. The Kier molecular flexibility index (Phi) is 2.42. The minimum atomic E-state index is 0.940. The second-order valence-electron chi connectivity index (χ2n) is 4.72. The van der Waals surface area contributed by atoms with Gasteiger partial charge in [-0.05, 0) is 24.3 Å². The molecule has 0 bridgehead atoms. The van der Waals surface area contributed by atoms with Gasteiger partial charge in [0.25, 0.3) is 0 Å². The van der Waals surface area contributed by atoms with Crippen LogP contribution in [0.25, 0.3) is 27.5 Å². The Labute approximate surface area is 116 Å². The number of nitrogens with zero attached hydrogens (tertiary/aromatic N) is 1. The lowest BCUT2D eigenvalue weighted by molar-refractivity contribution is 1.17. The van der Waals surface area contributed by atoms with Crippen molar-refractivity contribution in [3.63, 3.8) is 0 Å². The monoisotopic (exact) mass is 259 g/mol. The van der Waals surface area contributed by atoms with Crippen LogP contribution in [0.4, 0.5) is 0 Å². The number of para-hydroxylation sites is 1. The van der Waals surface area contributed by atoms with Gasteiger partial charge in [0.2, 0.25) is 0 Å². The van der Waals surface area contributed by atoms with Crippen LogP contribution in [0.2, 0.25) is 0 Å². The third-order valence-corrected chi connectivity index (χ3v) is 3.50. The van der Waals surface area contributed by atoms with Gasteiger partial charge in [0.15, 0.2) is 0 Å². The fraction of sp³-hybridized carbons (Fsp3) is 0. The molecule has 0 atom stereocenters. The molecule has 96 valence electrons.